The number of nitrogens with zero attached hydrogens (tertiary/aromatic N) is 2. The predicted octanol–water partition coefficient (Wildman–Crippen LogP) is 7.72. The van der Waals surface area contributed by atoms with Crippen molar-refractivity contribution < 1.29 is 9.53 Å². The lowest BCUT2D eigenvalue weighted by atomic mass is 9.95. The standard InChI is InChI=1S/C30H37N3O2S/c1-21-26(29(34)31-18-17-22-9-5-3-6-10-22)19-28(33(21)24-11-7-4-8-12-24)27-20-36-30(32-27)23-13-15-25(35-2)16-14-23/h9,13-16,19-20,24H,3-8,10-12,17-18H2,1-2H3,(H,31,34). The van der Waals surface area contributed by atoms with Crippen LogP contribution in [0.4, 0.5) is 0 Å². The van der Waals surface area contributed by atoms with Crippen molar-refractivity contribution in [1.29, 1.82) is 0 Å². The lowest BCUT2D eigenvalue weighted by Crippen LogP contribution is -2.25. The average molecular weight is 504 g/mol. The van der Waals surface area contributed by atoms with Crippen LogP contribution in [0.2, 0.25) is 0 Å². The Morgan fingerprint density at radius 2 is 1.94 bits per heavy atom. The van der Waals surface area contributed by atoms with E-state index in [1.165, 1.54) is 50.5 Å². The van der Waals surface area contributed by atoms with Gasteiger partial charge in [0.2, 0.25) is 0 Å². The molecule has 0 unspecified atom stereocenters. The number of rotatable bonds is 8. The zero-order chi connectivity index (χ0) is 24.9. The Morgan fingerprint density at radius 1 is 1.14 bits per heavy atom. The van der Waals surface area contributed by atoms with E-state index in [4.69, 9.17) is 9.72 Å². The van der Waals surface area contributed by atoms with Crippen molar-refractivity contribution in [1.82, 2.24) is 14.9 Å². The largest absolute Gasteiger partial charge is 0.497 e. The van der Waals surface area contributed by atoms with Crippen LogP contribution >= 0.6 is 11.3 Å². The second-order valence-corrected chi connectivity index (χ2v) is 10.9. The van der Waals surface area contributed by atoms with Crippen molar-refractivity contribution in [3.8, 4) is 27.7 Å². The number of allylic oxidation sites excluding steroid dienone is 1. The van der Waals surface area contributed by atoms with Crippen LogP contribution in [0.15, 0.2) is 47.4 Å². The van der Waals surface area contributed by atoms with Crippen LogP contribution in [0.3, 0.4) is 0 Å². The van der Waals surface area contributed by atoms with Gasteiger partial charge in [-0.15, -0.1) is 11.3 Å². The van der Waals surface area contributed by atoms with Crippen LogP contribution in [0.5, 0.6) is 5.75 Å². The quantitative estimate of drug-likeness (QED) is 0.320. The Kier molecular flexibility index (Phi) is 7.90. The van der Waals surface area contributed by atoms with Gasteiger partial charge in [0.15, 0.2) is 0 Å². The number of methoxy groups -OCH3 is 1. The summed E-state index contributed by atoms with van der Waals surface area (Å²) in [6, 6.07) is 10.5. The third-order valence-corrected chi connectivity index (χ3v) is 8.59. The van der Waals surface area contributed by atoms with E-state index in [1.54, 1.807) is 18.4 Å². The summed E-state index contributed by atoms with van der Waals surface area (Å²) in [7, 11) is 1.68. The van der Waals surface area contributed by atoms with Crippen molar-refractivity contribution in [2.24, 2.45) is 0 Å². The van der Waals surface area contributed by atoms with Crippen LogP contribution in [0.1, 0.15) is 86.3 Å². The van der Waals surface area contributed by atoms with E-state index in [2.05, 4.69) is 34.3 Å². The lowest BCUT2D eigenvalue weighted by Gasteiger charge is -2.27. The highest BCUT2D eigenvalue weighted by Crippen LogP contribution is 2.38. The molecule has 1 saturated carbocycles. The summed E-state index contributed by atoms with van der Waals surface area (Å²) in [4.78, 5) is 18.3. The smallest absolute Gasteiger partial charge is 0.253 e. The highest BCUT2D eigenvalue weighted by molar-refractivity contribution is 7.13. The van der Waals surface area contributed by atoms with E-state index >= 15 is 0 Å². The second-order valence-electron chi connectivity index (χ2n) is 10.1. The summed E-state index contributed by atoms with van der Waals surface area (Å²) >= 11 is 1.65. The lowest BCUT2D eigenvalue weighted by molar-refractivity contribution is 0.0953. The Balaban J connectivity index is 1.41. The van der Waals surface area contributed by atoms with Crippen molar-refractivity contribution in [3.63, 3.8) is 0 Å². The van der Waals surface area contributed by atoms with Gasteiger partial charge in [0.25, 0.3) is 5.91 Å². The summed E-state index contributed by atoms with van der Waals surface area (Å²) in [5.41, 5.74) is 6.43. The van der Waals surface area contributed by atoms with Gasteiger partial charge < -0.3 is 14.6 Å². The monoisotopic (exact) mass is 503 g/mol. The van der Waals surface area contributed by atoms with Gasteiger partial charge in [-0.25, -0.2) is 4.98 Å². The van der Waals surface area contributed by atoms with Gasteiger partial charge in [-0.2, -0.15) is 0 Å². The number of hydrogen-bond acceptors (Lipinski definition) is 4. The number of hydrogen-bond donors (Lipinski definition) is 1. The van der Waals surface area contributed by atoms with Gasteiger partial charge in [0, 0.05) is 29.2 Å². The molecule has 2 aliphatic carbocycles. The van der Waals surface area contributed by atoms with Gasteiger partial charge >= 0.3 is 0 Å². The average Bonchev–Trinajstić information content (AvgIpc) is 3.55. The van der Waals surface area contributed by atoms with Crippen molar-refractivity contribution in [2.75, 3.05) is 13.7 Å². The SMILES string of the molecule is COc1ccc(-c2nc(-c3cc(C(=O)NCCC4=CCCCC4)c(C)n3C3CCCCC3)cs2)cc1. The van der Waals surface area contributed by atoms with Crippen LogP contribution < -0.4 is 10.1 Å². The molecule has 1 amide bonds. The molecule has 0 radical (unpaired) electrons. The molecule has 1 N–H and O–H groups in total. The van der Waals surface area contributed by atoms with Crippen molar-refractivity contribution >= 4 is 17.2 Å². The number of carbonyl (C=O) groups is 1. The first-order valence-corrected chi connectivity index (χ1v) is 14.3. The summed E-state index contributed by atoms with van der Waals surface area (Å²) in [6.07, 6.45) is 14.4. The van der Waals surface area contributed by atoms with Crippen LogP contribution in [0.25, 0.3) is 22.0 Å². The molecule has 190 valence electrons. The molecule has 0 saturated heterocycles. The number of carbonyl (C=O) groups excluding carboxylic acids is 1. The van der Waals surface area contributed by atoms with E-state index in [0.29, 0.717) is 12.6 Å². The third-order valence-electron chi connectivity index (χ3n) is 7.70. The van der Waals surface area contributed by atoms with Crippen molar-refractivity contribution in [2.45, 2.75) is 77.2 Å². The van der Waals surface area contributed by atoms with Crippen molar-refractivity contribution in [3.05, 3.63) is 58.6 Å². The topological polar surface area (TPSA) is 56.1 Å². The molecule has 1 fully saturated rings. The van der Waals surface area contributed by atoms with Gasteiger partial charge in [0.1, 0.15) is 10.8 Å². The minimum atomic E-state index is 0.0327. The summed E-state index contributed by atoms with van der Waals surface area (Å²) in [5, 5.41) is 6.31. The van der Waals surface area contributed by atoms with Gasteiger partial charge in [0.05, 0.1) is 24.1 Å². The minimum absolute atomic E-state index is 0.0327. The Morgan fingerprint density at radius 3 is 2.67 bits per heavy atom. The maximum atomic E-state index is 13.3. The number of amides is 1. The molecule has 0 aliphatic heterocycles. The summed E-state index contributed by atoms with van der Waals surface area (Å²) in [6.45, 7) is 2.81. The van der Waals surface area contributed by atoms with Gasteiger partial charge in [-0.3, -0.25) is 4.79 Å². The Bertz CT molecular complexity index is 1220. The van der Waals surface area contributed by atoms with Gasteiger partial charge in [-0.1, -0.05) is 30.9 Å². The molecule has 2 aliphatic rings. The van der Waals surface area contributed by atoms with E-state index in [9.17, 15) is 4.79 Å². The molecule has 5 nitrogen and oxygen atoms in total. The highest BCUT2D eigenvalue weighted by atomic mass is 32.1. The maximum Gasteiger partial charge on any atom is 0.253 e. The number of thiazole rings is 1. The molecule has 2 aromatic heterocycles. The molecule has 5 rings (SSSR count). The molecule has 6 heteroatoms. The molecule has 0 bridgehead atoms. The maximum absolute atomic E-state index is 13.3. The van der Waals surface area contributed by atoms with E-state index in [1.807, 2.05) is 24.3 Å². The van der Waals surface area contributed by atoms with Crippen LogP contribution in [-0.2, 0) is 0 Å². The number of nitrogens with one attached hydrogen (secondary N) is 1. The summed E-state index contributed by atoms with van der Waals surface area (Å²) < 4.78 is 7.71. The third kappa shape index (κ3) is 5.44. The second kappa shape index (κ2) is 11.5. The van der Waals surface area contributed by atoms with E-state index < -0.39 is 0 Å². The number of benzene rings is 1. The molecule has 36 heavy (non-hydrogen) atoms. The van der Waals surface area contributed by atoms with Crippen LogP contribution in [-0.4, -0.2) is 29.1 Å². The Labute approximate surface area is 218 Å². The van der Waals surface area contributed by atoms with Crippen LogP contribution in [0, 0.1) is 6.92 Å². The molecular formula is C30H37N3O2S. The molecule has 0 atom stereocenters. The zero-order valence-electron chi connectivity index (χ0n) is 21.5. The minimum Gasteiger partial charge on any atom is -0.497 e. The normalized spacial score (nSPS) is 16.6. The molecular weight excluding hydrogens is 466 g/mol. The molecule has 3 aromatic rings. The first-order chi connectivity index (χ1) is 17.6. The number of ether oxygens (including phenoxy) is 1. The number of aromatic nitrogens is 2. The van der Waals surface area contributed by atoms with E-state index in [-0.39, 0.29) is 5.91 Å². The first-order valence-electron chi connectivity index (χ1n) is 13.4. The molecule has 1 aromatic carbocycles. The van der Waals surface area contributed by atoms with Gasteiger partial charge in [-0.05, 0) is 82.2 Å². The Hall–Kier alpha value is -2.86. The fraction of sp³-hybridized carbons (Fsp3) is 0.467. The highest BCUT2D eigenvalue weighted by Gasteiger charge is 2.26. The first kappa shape index (κ1) is 24.8. The van der Waals surface area contributed by atoms with E-state index in [0.717, 1.165) is 58.2 Å². The zero-order valence-corrected chi connectivity index (χ0v) is 22.3. The fourth-order valence-electron chi connectivity index (χ4n) is 5.68. The molecule has 0 spiro atoms. The predicted molar refractivity (Wildman–Crippen MR) is 148 cm³/mol. The fourth-order valence-corrected chi connectivity index (χ4v) is 6.50. The summed E-state index contributed by atoms with van der Waals surface area (Å²) in [5.74, 6) is 0.873. The molecule has 2 heterocycles.